The Morgan fingerprint density at radius 1 is 1.14 bits per heavy atom. The van der Waals surface area contributed by atoms with E-state index in [1.807, 2.05) is 32.7 Å². The van der Waals surface area contributed by atoms with Gasteiger partial charge < -0.3 is 44.4 Å². The molecule has 3 saturated heterocycles. The van der Waals surface area contributed by atoms with Gasteiger partial charge in [0.05, 0.1) is 29.6 Å². The summed E-state index contributed by atoms with van der Waals surface area (Å²) in [5.41, 5.74) is -2.63. The number of aliphatic hydroxyl groups is 3. The number of hydrogen-bond acceptors (Lipinski definition) is 13. The molecule has 13 nitrogen and oxygen atoms in total. The highest BCUT2D eigenvalue weighted by Crippen LogP contribution is 2.38. The van der Waals surface area contributed by atoms with Gasteiger partial charge in [0.1, 0.15) is 29.8 Å². The van der Waals surface area contributed by atoms with Crippen molar-refractivity contribution in [1.82, 2.24) is 10.2 Å². The predicted molar refractivity (Wildman–Crippen MR) is 188 cm³/mol. The number of nitrogens with one attached hydrogen (secondary N) is 1. The van der Waals surface area contributed by atoms with Crippen molar-refractivity contribution < 1.29 is 48.7 Å². The number of ether oxygens (including phenoxy) is 4. The molecule has 3 heterocycles. The first-order valence-electron chi connectivity index (χ1n) is 18.2. The van der Waals surface area contributed by atoms with Crippen molar-refractivity contribution in [1.29, 1.82) is 0 Å². The number of aliphatic hydroxyl groups excluding tert-OH is 2. The Hall–Kier alpha value is -2.15. The van der Waals surface area contributed by atoms with Crippen LogP contribution in [0.1, 0.15) is 87.5 Å². The number of terminal acetylenes is 1. The van der Waals surface area contributed by atoms with Crippen molar-refractivity contribution in [2.45, 2.75) is 148 Å². The minimum Gasteiger partial charge on any atom is -0.459 e. The zero-order valence-corrected chi connectivity index (χ0v) is 31.8. The van der Waals surface area contributed by atoms with Gasteiger partial charge in [0.2, 0.25) is 0 Å². The summed E-state index contributed by atoms with van der Waals surface area (Å²) in [6, 6.07) is -0.328. The summed E-state index contributed by atoms with van der Waals surface area (Å²) in [6.07, 6.45) is 1.51. The lowest BCUT2D eigenvalue weighted by atomic mass is 9.74. The first-order valence-corrected chi connectivity index (χ1v) is 18.2. The number of oxime groups is 1. The highest BCUT2D eigenvalue weighted by Gasteiger charge is 2.51. The predicted octanol–water partition coefficient (Wildman–Crippen LogP) is 2.28. The average Bonchev–Trinajstić information content (AvgIpc) is 3.61. The largest absolute Gasteiger partial charge is 0.459 e. The van der Waals surface area contributed by atoms with Crippen molar-refractivity contribution in [3.05, 3.63) is 0 Å². The van der Waals surface area contributed by atoms with Crippen molar-refractivity contribution in [3.63, 3.8) is 0 Å². The van der Waals surface area contributed by atoms with E-state index in [1.165, 1.54) is 21.0 Å². The number of carbonyl (C=O) groups is 2. The lowest BCUT2D eigenvalue weighted by Gasteiger charge is -2.47. The van der Waals surface area contributed by atoms with E-state index in [9.17, 15) is 24.9 Å². The summed E-state index contributed by atoms with van der Waals surface area (Å²) in [7, 11) is 3.41. The second-order valence-corrected chi connectivity index (χ2v) is 15.2. The fourth-order valence-electron chi connectivity index (χ4n) is 7.80. The number of esters is 1. The Labute approximate surface area is 298 Å². The number of likely N-dealkylation sites (N-methyl/N-ethyl adjacent to an activating group) is 1. The molecule has 0 unspecified atom stereocenters. The van der Waals surface area contributed by atoms with Gasteiger partial charge in [0.15, 0.2) is 12.1 Å². The molecule has 0 saturated carbocycles. The molecule has 0 aromatic heterocycles. The molecule has 0 amide bonds. The van der Waals surface area contributed by atoms with Gasteiger partial charge in [-0.2, -0.15) is 0 Å². The second kappa shape index (κ2) is 18.1. The van der Waals surface area contributed by atoms with E-state index in [1.54, 1.807) is 20.8 Å². The molecular weight excluding hydrogens is 646 g/mol. The van der Waals surface area contributed by atoms with Gasteiger partial charge in [-0.05, 0) is 60.5 Å². The van der Waals surface area contributed by atoms with Crippen molar-refractivity contribution in [2.24, 2.45) is 28.8 Å². The molecule has 3 fully saturated rings. The Balaban J connectivity index is 2.12. The molecule has 3 aliphatic heterocycles. The van der Waals surface area contributed by atoms with Crippen LogP contribution in [-0.4, -0.2) is 132 Å². The molecular formula is C37H63N3O10. The van der Waals surface area contributed by atoms with Gasteiger partial charge >= 0.3 is 5.97 Å². The maximum Gasteiger partial charge on any atom is 0.316 e. The molecule has 3 rings (SSSR count). The number of rotatable bonds is 9. The van der Waals surface area contributed by atoms with Gasteiger partial charge in [-0.3, -0.25) is 14.5 Å². The Kier molecular flexibility index (Phi) is 15.3. The van der Waals surface area contributed by atoms with Crippen LogP contribution in [0.4, 0.5) is 0 Å². The normalized spacial score (nSPS) is 43.3. The lowest BCUT2D eigenvalue weighted by molar-refractivity contribution is -0.295. The minimum atomic E-state index is -1.89. The molecule has 50 heavy (non-hydrogen) atoms. The number of Topliss-reactive ketones (excluding diaryl/α,β-unsaturated/α-hetero) is 1. The number of cyclic esters (lactones) is 1. The molecule has 4 N–H and O–H groups in total. The van der Waals surface area contributed by atoms with Crippen LogP contribution in [0.15, 0.2) is 5.16 Å². The number of nitrogens with zero attached hydrogens (tertiary/aromatic N) is 2. The number of methoxy groups -OCH3 is 1. The van der Waals surface area contributed by atoms with E-state index in [2.05, 4.69) is 16.4 Å². The number of hydrogen-bond donors (Lipinski definition) is 4. The average molecular weight is 710 g/mol. The highest BCUT2D eigenvalue weighted by molar-refractivity contribution is 6.00. The van der Waals surface area contributed by atoms with E-state index in [-0.39, 0.29) is 31.1 Å². The van der Waals surface area contributed by atoms with E-state index in [4.69, 9.17) is 30.2 Å². The quantitative estimate of drug-likeness (QED) is 0.120. The van der Waals surface area contributed by atoms with Crippen LogP contribution in [0.5, 0.6) is 0 Å². The summed E-state index contributed by atoms with van der Waals surface area (Å²) in [5.74, 6) is -2.00. The maximum absolute atomic E-state index is 14.2. The number of ketones is 1. The van der Waals surface area contributed by atoms with Crippen LogP contribution < -0.4 is 5.32 Å². The van der Waals surface area contributed by atoms with E-state index < -0.39 is 77.3 Å². The monoisotopic (exact) mass is 709 g/mol. The van der Waals surface area contributed by atoms with Crippen LogP contribution in [-0.2, 0) is 33.4 Å². The molecule has 286 valence electrons. The van der Waals surface area contributed by atoms with Gasteiger partial charge in [0, 0.05) is 56.8 Å². The maximum atomic E-state index is 14.2. The third-order valence-electron chi connectivity index (χ3n) is 11.2. The summed E-state index contributed by atoms with van der Waals surface area (Å²) in [6.45, 7) is 15.7. The van der Waals surface area contributed by atoms with Gasteiger partial charge in [-0.1, -0.05) is 32.9 Å². The van der Waals surface area contributed by atoms with Crippen LogP contribution >= 0.6 is 0 Å². The van der Waals surface area contributed by atoms with Crippen LogP contribution in [0.25, 0.3) is 0 Å². The molecule has 0 radical (unpaired) electrons. The van der Waals surface area contributed by atoms with E-state index in [0.717, 1.165) is 13.0 Å². The molecule has 13 heteroatoms. The number of carbonyl (C=O) groups excluding carboxylic acids is 2. The SMILES string of the molecule is C#CCCN(C)[C@H]1C[C@@H](C)O[C@@H](O[C@@H]2[C@@H](C)C(=O)[C@@H](C)C(=O)O[C@H](CC)[C@@](C)(O)[C@H](O)[C@@H](C)/C(=N/O[C@@H]3CCNC3)[C@H](C)C[C@@]2(C)OC)[C@@H]1O. The zero-order chi connectivity index (χ0) is 37.6. The zero-order valence-electron chi connectivity index (χ0n) is 31.8. The summed E-state index contributed by atoms with van der Waals surface area (Å²) < 4.78 is 24.8. The van der Waals surface area contributed by atoms with Gasteiger partial charge in [-0.15, -0.1) is 12.3 Å². The smallest absolute Gasteiger partial charge is 0.316 e. The fourth-order valence-corrected chi connectivity index (χ4v) is 7.80. The molecule has 0 spiro atoms. The van der Waals surface area contributed by atoms with Crippen LogP contribution in [0.3, 0.4) is 0 Å². The summed E-state index contributed by atoms with van der Waals surface area (Å²) in [4.78, 5) is 35.7. The van der Waals surface area contributed by atoms with Gasteiger partial charge in [-0.25, -0.2) is 0 Å². The molecule has 14 atom stereocenters. The van der Waals surface area contributed by atoms with Crippen LogP contribution in [0.2, 0.25) is 0 Å². The topological polar surface area (TPSA) is 169 Å². The summed E-state index contributed by atoms with van der Waals surface area (Å²) in [5, 5.41) is 42.9. The van der Waals surface area contributed by atoms with Gasteiger partial charge in [0.25, 0.3) is 0 Å². The second-order valence-electron chi connectivity index (χ2n) is 15.2. The van der Waals surface area contributed by atoms with Crippen molar-refractivity contribution in [2.75, 3.05) is 33.8 Å². The van der Waals surface area contributed by atoms with E-state index >= 15 is 0 Å². The lowest BCUT2D eigenvalue weighted by Crippen LogP contribution is -2.60. The molecule has 3 aliphatic rings. The molecule has 0 aliphatic carbocycles. The Bertz CT molecular complexity index is 1200. The first-order chi connectivity index (χ1) is 23.4. The first kappa shape index (κ1) is 42.3. The van der Waals surface area contributed by atoms with Crippen molar-refractivity contribution >= 4 is 17.5 Å². The summed E-state index contributed by atoms with van der Waals surface area (Å²) >= 11 is 0. The van der Waals surface area contributed by atoms with Crippen molar-refractivity contribution in [3.8, 4) is 12.3 Å². The third-order valence-corrected chi connectivity index (χ3v) is 11.2. The fraction of sp³-hybridized carbons (Fsp3) is 0.865. The Morgan fingerprint density at radius 2 is 1.82 bits per heavy atom. The van der Waals surface area contributed by atoms with E-state index in [0.29, 0.717) is 31.6 Å². The molecule has 0 aromatic carbocycles. The third kappa shape index (κ3) is 9.63. The van der Waals surface area contributed by atoms with Crippen LogP contribution in [0, 0.1) is 36.0 Å². The molecule has 0 bridgehead atoms. The Morgan fingerprint density at radius 3 is 2.40 bits per heavy atom. The standard InChI is InChI=1S/C37H63N3O10/c1-12-14-17-40(10)27-18-22(4)47-35(31(27)42)49-33-24(6)30(41)25(7)34(44)48-28(13-2)37(9,45)32(43)23(5)29(21(3)19-36(33,8)46-11)39-50-26-15-16-38-20-26/h1,21-28,31-33,35,38,42-43,45H,13-20H2,2-11H3/b39-29+/t21-,22-,23+,24+,25-,26-,27+,28-,31-,32-,33-,35+,36-,37-/m1/s1. The minimum absolute atomic E-state index is 0.167. The highest BCUT2D eigenvalue weighted by atomic mass is 16.7. The molecule has 0 aromatic rings.